The smallest absolute Gasteiger partial charge is 0.120 e. The van der Waals surface area contributed by atoms with Crippen molar-refractivity contribution in [1.82, 2.24) is 0 Å². The lowest BCUT2D eigenvalue weighted by Crippen LogP contribution is -2.16. The molecule has 0 aromatic rings. The minimum Gasteiger partial charge on any atom is -0.303 e. The van der Waals surface area contributed by atoms with Gasteiger partial charge in [-0.2, -0.15) is 0 Å². The van der Waals surface area contributed by atoms with E-state index in [9.17, 15) is 4.79 Å². The highest BCUT2D eigenvalue weighted by Gasteiger charge is 2.20. The van der Waals surface area contributed by atoms with Crippen LogP contribution in [-0.4, -0.2) is 6.29 Å². The van der Waals surface area contributed by atoms with Gasteiger partial charge in [-0.3, -0.25) is 0 Å². The van der Waals surface area contributed by atoms with E-state index >= 15 is 0 Å². The predicted molar refractivity (Wildman–Crippen MR) is 57.8 cm³/mol. The Morgan fingerprint density at radius 2 is 1.46 bits per heavy atom. The van der Waals surface area contributed by atoms with E-state index in [4.69, 9.17) is 0 Å². The van der Waals surface area contributed by atoms with Gasteiger partial charge in [0.25, 0.3) is 0 Å². The molecule has 0 aliphatic heterocycles. The Labute approximate surface area is 82.9 Å². The molecule has 0 atom stereocenters. The summed E-state index contributed by atoms with van der Waals surface area (Å²) < 4.78 is 0. The van der Waals surface area contributed by atoms with Crippen LogP contribution in [0.3, 0.4) is 0 Å². The summed E-state index contributed by atoms with van der Waals surface area (Å²) in [6.07, 6.45) is 5.20. The Bertz CT molecular complexity index is 151. The van der Waals surface area contributed by atoms with Crippen molar-refractivity contribution < 1.29 is 4.79 Å². The van der Waals surface area contributed by atoms with Crippen molar-refractivity contribution in [2.75, 3.05) is 0 Å². The van der Waals surface area contributed by atoms with Crippen molar-refractivity contribution in [2.45, 2.75) is 60.3 Å². The highest BCUT2D eigenvalue weighted by Crippen LogP contribution is 2.33. The first-order valence-electron chi connectivity index (χ1n) is 5.20. The van der Waals surface area contributed by atoms with Crippen LogP contribution in [0.25, 0.3) is 0 Å². The van der Waals surface area contributed by atoms with Gasteiger partial charge >= 0.3 is 0 Å². The minimum absolute atomic E-state index is 0.328. The molecular formula is C12H24O. The maximum Gasteiger partial charge on any atom is 0.120 e. The molecule has 0 aliphatic rings. The minimum atomic E-state index is 0.328. The van der Waals surface area contributed by atoms with Gasteiger partial charge in [0.2, 0.25) is 0 Å². The molecule has 0 aliphatic carbocycles. The zero-order valence-electron chi connectivity index (χ0n) is 9.81. The quantitative estimate of drug-likeness (QED) is 0.594. The summed E-state index contributed by atoms with van der Waals surface area (Å²) in [7, 11) is 0. The molecule has 1 heteroatoms. The monoisotopic (exact) mass is 184 g/mol. The lowest BCUT2D eigenvalue weighted by Gasteiger charge is -2.28. The Morgan fingerprint density at radius 1 is 0.923 bits per heavy atom. The Kier molecular flexibility index (Phi) is 4.66. The van der Waals surface area contributed by atoms with Crippen LogP contribution in [0.2, 0.25) is 0 Å². The van der Waals surface area contributed by atoms with E-state index in [1.54, 1.807) is 0 Å². The molecule has 0 amide bonds. The standard InChI is InChI=1S/C12H24O/c1-11(2,3)8-9-12(4,5)7-6-10-13/h10H,6-9H2,1-5H3. The number of hydrogen-bond donors (Lipinski definition) is 0. The van der Waals surface area contributed by atoms with Crippen molar-refractivity contribution >= 4 is 6.29 Å². The molecule has 78 valence electrons. The fraction of sp³-hybridized carbons (Fsp3) is 0.917. The fourth-order valence-corrected chi connectivity index (χ4v) is 1.29. The summed E-state index contributed by atoms with van der Waals surface area (Å²) in [5, 5.41) is 0. The van der Waals surface area contributed by atoms with Crippen LogP contribution in [0.15, 0.2) is 0 Å². The van der Waals surface area contributed by atoms with Crippen LogP contribution in [-0.2, 0) is 4.79 Å². The lowest BCUT2D eigenvalue weighted by atomic mass is 9.78. The zero-order valence-corrected chi connectivity index (χ0v) is 9.81. The second kappa shape index (κ2) is 4.78. The van der Waals surface area contributed by atoms with E-state index in [1.165, 1.54) is 12.8 Å². The molecule has 0 heterocycles. The second-order valence-corrected chi connectivity index (χ2v) is 5.93. The maximum atomic E-state index is 10.3. The number of hydrogen-bond acceptors (Lipinski definition) is 1. The molecule has 0 spiro atoms. The van der Waals surface area contributed by atoms with Crippen molar-refractivity contribution in [3.05, 3.63) is 0 Å². The topological polar surface area (TPSA) is 17.1 Å². The van der Waals surface area contributed by atoms with Crippen molar-refractivity contribution in [1.29, 1.82) is 0 Å². The summed E-state index contributed by atoms with van der Waals surface area (Å²) in [6, 6.07) is 0. The van der Waals surface area contributed by atoms with Gasteiger partial charge in [0.1, 0.15) is 6.29 Å². The molecule has 0 N–H and O–H groups in total. The summed E-state index contributed by atoms with van der Waals surface area (Å²) in [5.74, 6) is 0. The molecule has 0 bridgehead atoms. The molecule has 0 aromatic heterocycles. The van der Waals surface area contributed by atoms with Crippen molar-refractivity contribution in [3.63, 3.8) is 0 Å². The van der Waals surface area contributed by atoms with Gasteiger partial charge in [-0.05, 0) is 30.1 Å². The third-order valence-corrected chi connectivity index (χ3v) is 2.49. The van der Waals surface area contributed by atoms with E-state index in [0.717, 1.165) is 12.7 Å². The molecule has 0 unspecified atom stereocenters. The Morgan fingerprint density at radius 3 is 1.85 bits per heavy atom. The Hall–Kier alpha value is -0.330. The average Bonchev–Trinajstić information content (AvgIpc) is 1.97. The van der Waals surface area contributed by atoms with Crippen LogP contribution in [0, 0.1) is 10.8 Å². The fourth-order valence-electron chi connectivity index (χ4n) is 1.29. The molecule has 0 fully saturated rings. The number of aldehydes is 1. The van der Waals surface area contributed by atoms with Crippen molar-refractivity contribution in [2.24, 2.45) is 10.8 Å². The number of rotatable bonds is 5. The maximum absolute atomic E-state index is 10.3. The van der Waals surface area contributed by atoms with Crippen LogP contribution >= 0.6 is 0 Å². The largest absolute Gasteiger partial charge is 0.303 e. The molecule has 0 aromatic carbocycles. The average molecular weight is 184 g/mol. The highest BCUT2D eigenvalue weighted by atomic mass is 16.1. The summed E-state index contributed by atoms with van der Waals surface area (Å²) in [4.78, 5) is 10.3. The Balaban J connectivity index is 3.81. The first-order chi connectivity index (χ1) is 5.77. The van der Waals surface area contributed by atoms with E-state index in [0.29, 0.717) is 17.3 Å². The molecule has 13 heavy (non-hydrogen) atoms. The first-order valence-corrected chi connectivity index (χ1v) is 5.20. The zero-order chi connectivity index (χ0) is 10.5. The molecule has 0 saturated heterocycles. The van der Waals surface area contributed by atoms with Crippen LogP contribution in [0.1, 0.15) is 60.3 Å². The molecule has 0 radical (unpaired) electrons. The van der Waals surface area contributed by atoms with E-state index < -0.39 is 0 Å². The van der Waals surface area contributed by atoms with E-state index in [-0.39, 0.29) is 0 Å². The van der Waals surface area contributed by atoms with Gasteiger partial charge < -0.3 is 4.79 Å². The normalized spacial score (nSPS) is 13.0. The summed E-state index contributed by atoms with van der Waals surface area (Å²) in [5.41, 5.74) is 0.743. The first kappa shape index (κ1) is 12.7. The summed E-state index contributed by atoms with van der Waals surface area (Å²) >= 11 is 0. The van der Waals surface area contributed by atoms with E-state index in [1.807, 2.05) is 0 Å². The lowest BCUT2D eigenvalue weighted by molar-refractivity contribution is -0.108. The molecular weight excluding hydrogens is 160 g/mol. The highest BCUT2D eigenvalue weighted by molar-refractivity contribution is 5.49. The SMILES string of the molecule is CC(C)(C)CCC(C)(C)CCC=O. The van der Waals surface area contributed by atoms with Crippen molar-refractivity contribution in [3.8, 4) is 0 Å². The van der Waals surface area contributed by atoms with Gasteiger partial charge in [-0.1, -0.05) is 34.6 Å². The van der Waals surface area contributed by atoms with Gasteiger partial charge in [0.05, 0.1) is 0 Å². The van der Waals surface area contributed by atoms with Crippen LogP contribution < -0.4 is 0 Å². The van der Waals surface area contributed by atoms with Gasteiger partial charge in [-0.15, -0.1) is 0 Å². The molecule has 1 nitrogen and oxygen atoms in total. The number of carbonyl (C=O) groups excluding carboxylic acids is 1. The van der Waals surface area contributed by atoms with Crippen LogP contribution in [0.5, 0.6) is 0 Å². The second-order valence-electron chi connectivity index (χ2n) is 5.93. The van der Waals surface area contributed by atoms with Gasteiger partial charge in [-0.25, -0.2) is 0 Å². The third kappa shape index (κ3) is 8.01. The van der Waals surface area contributed by atoms with E-state index in [2.05, 4.69) is 34.6 Å². The molecule has 0 saturated carbocycles. The predicted octanol–water partition coefficient (Wildman–Crippen LogP) is 3.82. The van der Waals surface area contributed by atoms with Gasteiger partial charge in [0.15, 0.2) is 0 Å². The van der Waals surface area contributed by atoms with Gasteiger partial charge in [0, 0.05) is 6.42 Å². The molecule has 0 rings (SSSR count). The van der Waals surface area contributed by atoms with Crippen LogP contribution in [0.4, 0.5) is 0 Å². The number of carbonyl (C=O) groups is 1. The third-order valence-electron chi connectivity index (χ3n) is 2.49. The summed E-state index contributed by atoms with van der Waals surface area (Å²) in [6.45, 7) is 11.3.